The van der Waals surface area contributed by atoms with Crippen molar-refractivity contribution in [1.82, 2.24) is 19.5 Å². The predicted octanol–water partition coefficient (Wildman–Crippen LogP) is 2.75. The number of fused-ring (bicyclic) bond motifs is 1. The van der Waals surface area contributed by atoms with Gasteiger partial charge in [-0.25, -0.2) is 24.1 Å². The molecule has 0 spiro atoms. The van der Waals surface area contributed by atoms with E-state index in [1.807, 2.05) is 0 Å². The van der Waals surface area contributed by atoms with E-state index in [1.165, 1.54) is 19.8 Å². The van der Waals surface area contributed by atoms with E-state index in [2.05, 4.69) is 20.3 Å². The van der Waals surface area contributed by atoms with Gasteiger partial charge < -0.3 is 20.5 Å². The Labute approximate surface area is 199 Å². The number of amides is 1. The summed E-state index contributed by atoms with van der Waals surface area (Å²) >= 11 is 0. The Morgan fingerprint density at radius 3 is 2.34 bits per heavy atom. The summed E-state index contributed by atoms with van der Waals surface area (Å²) in [5.74, 6) is -0.841. The number of anilines is 1. The molecule has 0 unspecified atom stereocenters. The van der Waals surface area contributed by atoms with Crippen molar-refractivity contribution in [3.8, 4) is 0 Å². The average Bonchev–Trinajstić information content (AvgIpc) is 3.34. The van der Waals surface area contributed by atoms with Gasteiger partial charge in [0.05, 0.1) is 17.9 Å². The minimum Gasteiger partial charge on any atom is -0.459 e. The van der Waals surface area contributed by atoms with E-state index in [1.54, 1.807) is 60.7 Å². The lowest BCUT2D eigenvalue weighted by Gasteiger charge is -2.25. The molecule has 0 radical (unpaired) electrons. The molecule has 2 aromatic carbocycles. The highest BCUT2D eigenvalue weighted by atomic mass is 19.1. The number of alkyl halides is 1. The van der Waals surface area contributed by atoms with Crippen molar-refractivity contribution in [1.29, 1.82) is 0 Å². The number of hydrogen-bond acceptors (Lipinski definition) is 8. The van der Waals surface area contributed by atoms with Gasteiger partial charge in [0.25, 0.3) is 5.91 Å². The van der Waals surface area contributed by atoms with Crippen molar-refractivity contribution in [2.45, 2.75) is 18.4 Å². The minimum atomic E-state index is -1.83. The van der Waals surface area contributed by atoms with Crippen LogP contribution in [0.15, 0.2) is 73.3 Å². The monoisotopic (exact) mass is 478 g/mol. The van der Waals surface area contributed by atoms with Crippen molar-refractivity contribution in [3.05, 3.63) is 84.4 Å². The molecule has 2 heterocycles. The topological polar surface area (TPSA) is 134 Å². The number of aromatic nitrogens is 4. The second kappa shape index (κ2) is 10.8. The number of hydrogen-bond donors (Lipinski definition) is 2. The van der Waals surface area contributed by atoms with Gasteiger partial charge in [-0.1, -0.05) is 36.4 Å². The number of carbonyl (C=O) groups excluding carboxylic acids is 2. The Morgan fingerprint density at radius 2 is 1.69 bits per heavy atom. The highest BCUT2D eigenvalue weighted by Gasteiger charge is 2.31. The van der Waals surface area contributed by atoms with Crippen LogP contribution in [0.4, 0.5) is 10.2 Å². The summed E-state index contributed by atoms with van der Waals surface area (Å²) in [6.45, 7) is -0.258. The van der Waals surface area contributed by atoms with Gasteiger partial charge in [-0.05, 0) is 24.3 Å². The van der Waals surface area contributed by atoms with E-state index in [0.29, 0.717) is 11.1 Å². The standard InChI is InChI=1S/C24H23FN6O4/c1-34-17(12-35-24(33)16-10-6-3-7-11-16)18(26)20(25)31-14-29-19-21(27-13-28-22(19)31)30-23(32)15-8-4-2-5-9-15/h2-11,13-14,17-18,20H,12,26H2,1H3,(H,27,28,30,32)/t17-,18-,20+/m1/s1. The summed E-state index contributed by atoms with van der Waals surface area (Å²) in [5, 5.41) is 2.66. The molecule has 0 saturated carbocycles. The molecule has 10 nitrogen and oxygen atoms in total. The summed E-state index contributed by atoms with van der Waals surface area (Å²) in [5.41, 5.74) is 7.22. The first-order chi connectivity index (χ1) is 17.0. The highest BCUT2D eigenvalue weighted by molar-refractivity contribution is 6.06. The van der Waals surface area contributed by atoms with E-state index >= 15 is 4.39 Å². The molecule has 0 aliphatic heterocycles. The molecule has 0 saturated heterocycles. The van der Waals surface area contributed by atoms with Crippen LogP contribution in [-0.4, -0.2) is 57.3 Å². The summed E-state index contributed by atoms with van der Waals surface area (Å²) in [6, 6.07) is 15.7. The van der Waals surface area contributed by atoms with Crippen LogP contribution in [0.1, 0.15) is 27.0 Å². The maximum atomic E-state index is 15.5. The van der Waals surface area contributed by atoms with Gasteiger partial charge in [0, 0.05) is 12.7 Å². The Bertz CT molecular complexity index is 1300. The van der Waals surface area contributed by atoms with E-state index in [4.69, 9.17) is 15.2 Å². The summed E-state index contributed by atoms with van der Waals surface area (Å²) in [4.78, 5) is 37.1. The third kappa shape index (κ3) is 5.31. The molecule has 1 amide bonds. The molecular weight excluding hydrogens is 455 g/mol. The highest BCUT2D eigenvalue weighted by Crippen LogP contribution is 2.25. The number of halogens is 1. The van der Waals surface area contributed by atoms with E-state index in [-0.39, 0.29) is 23.6 Å². The number of nitrogens with one attached hydrogen (secondary N) is 1. The van der Waals surface area contributed by atoms with Crippen LogP contribution in [0.5, 0.6) is 0 Å². The number of imidazole rings is 1. The van der Waals surface area contributed by atoms with Crippen LogP contribution < -0.4 is 11.1 Å². The van der Waals surface area contributed by atoms with Crippen molar-refractivity contribution in [2.24, 2.45) is 5.73 Å². The molecule has 0 aliphatic carbocycles. The molecule has 0 bridgehead atoms. The van der Waals surface area contributed by atoms with Gasteiger partial charge in [0.2, 0.25) is 0 Å². The fourth-order valence-corrected chi connectivity index (χ4v) is 3.41. The minimum absolute atomic E-state index is 0.127. The Kier molecular flexibility index (Phi) is 7.38. The maximum absolute atomic E-state index is 15.5. The molecule has 4 aromatic rings. The number of methoxy groups -OCH3 is 1. The molecule has 2 aromatic heterocycles. The van der Waals surface area contributed by atoms with Crippen molar-refractivity contribution < 1.29 is 23.5 Å². The van der Waals surface area contributed by atoms with Crippen molar-refractivity contribution >= 4 is 28.9 Å². The fourth-order valence-electron chi connectivity index (χ4n) is 3.41. The first-order valence-corrected chi connectivity index (χ1v) is 10.7. The van der Waals surface area contributed by atoms with E-state index in [0.717, 1.165) is 4.57 Å². The molecule has 180 valence electrons. The number of esters is 1. The van der Waals surface area contributed by atoms with Gasteiger partial charge in [-0.2, -0.15) is 0 Å². The van der Waals surface area contributed by atoms with E-state index in [9.17, 15) is 9.59 Å². The van der Waals surface area contributed by atoms with Crippen LogP contribution in [0, 0.1) is 0 Å². The lowest BCUT2D eigenvalue weighted by atomic mass is 10.1. The van der Waals surface area contributed by atoms with Gasteiger partial charge >= 0.3 is 5.97 Å². The van der Waals surface area contributed by atoms with Crippen LogP contribution >= 0.6 is 0 Å². The van der Waals surface area contributed by atoms with Crippen LogP contribution in [-0.2, 0) is 9.47 Å². The Balaban J connectivity index is 1.48. The van der Waals surface area contributed by atoms with Gasteiger partial charge in [0.1, 0.15) is 19.0 Å². The number of rotatable bonds is 9. The lowest BCUT2D eigenvalue weighted by molar-refractivity contribution is -0.0185. The van der Waals surface area contributed by atoms with Gasteiger partial charge in [-0.15, -0.1) is 0 Å². The zero-order valence-corrected chi connectivity index (χ0v) is 18.7. The second-order valence-electron chi connectivity index (χ2n) is 7.56. The third-order valence-electron chi connectivity index (χ3n) is 5.33. The maximum Gasteiger partial charge on any atom is 0.338 e. The number of benzene rings is 2. The normalized spacial score (nSPS) is 13.7. The fraction of sp³-hybridized carbons (Fsp3) is 0.208. The Hall–Kier alpha value is -4.22. The molecule has 3 N–H and O–H groups in total. The molecule has 0 aliphatic rings. The molecule has 11 heteroatoms. The zero-order valence-electron chi connectivity index (χ0n) is 18.7. The molecular formula is C24H23FN6O4. The first-order valence-electron chi connectivity index (χ1n) is 10.7. The number of carbonyl (C=O) groups is 2. The van der Waals surface area contributed by atoms with Gasteiger partial charge in [-0.3, -0.25) is 9.36 Å². The smallest absolute Gasteiger partial charge is 0.338 e. The second-order valence-corrected chi connectivity index (χ2v) is 7.56. The lowest BCUT2D eigenvalue weighted by Crippen LogP contribution is -2.44. The average molecular weight is 478 g/mol. The first kappa shape index (κ1) is 23.9. The van der Waals surface area contributed by atoms with Crippen LogP contribution in [0.25, 0.3) is 11.2 Å². The predicted molar refractivity (Wildman–Crippen MR) is 125 cm³/mol. The number of nitrogens with zero attached hydrogens (tertiary/aromatic N) is 4. The molecule has 35 heavy (non-hydrogen) atoms. The van der Waals surface area contributed by atoms with Crippen molar-refractivity contribution in [2.75, 3.05) is 19.0 Å². The van der Waals surface area contributed by atoms with Crippen LogP contribution in [0.3, 0.4) is 0 Å². The molecule has 3 atom stereocenters. The Morgan fingerprint density at radius 1 is 1.03 bits per heavy atom. The number of nitrogens with two attached hydrogens (primary N) is 1. The van der Waals surface area contributed by atoms with Gasteiger partial charge in [0.15, 0.2) is 23.3 Å². The largest absolute Gasteiger partial charge is 0.459 e. The SMILES string of the molecule is CO[C@H](COC(=O)c1ccccc1)[C@@H](N)[C@@H](F)n1cnc2c(NC(=O)c3ccccc3)ncnc21. The zero-order chi connectivity index (χ0) is 24.8. The third-order valence-corrected chi connectivity index (χ3v) is 5.33. The summed E-state index contributed by atoms with van der Waals surface area (Å²) in [7, 11) is 1.35. The quantitative estimate of drug-likeness (QED) is 0.351. The van der Waals surface area contributed by atoms with Crippen molar-refractivity contribution in [3.63, 3.8) is 0 Å². The number of ether oxygens (including phenoxy) is 2. The van der Waals surface area contributed by atoms with Crippen LogP contribution in [0.2, 0.25) is 0 Å². The molecule has 0 fully saturated rings. The summed E-state index contributed by atoms with van der Waals surface area (Å²) < 4.78 is 27.1. The summed E-state index contributed by atoms with van der Waals surface area (Å²) in [6.07, 6.45) is -0.373. The molecule has 4 rings (SSSR count). The van der Waals surface area contributed by atoms with E-state index < -0.39 is 30.3 Å².